The Kier molecular flexibility index (Phi) is 6.64. The van der Waals surface area contributed by atoms with Gasteiger partial charge in [-0.15, -0.1) is 0 Å². The molecule has 9 heteroatoms. The second kappa shape index (κ2) is 8.93. The van der Waals surface area contributed by atoms with Crippen molar-refractivity contribution >= 4 is 17.6 Å². The molecular formula is C18H21N3O6. The summed E-state index contributed by atoms with van der Waals surface area (Å²) in [6.45, 7) is 4.49. The zero-order valence-corrected chi connectivity index (χ0v) is 15.4. The number of carbonyl (C=O) groups excluding carboxylic acids is 2. The largest absolute Gasteiger partial charge is 0.464 e. The van der Waals surface area contributed by atoms with E-state index in [1.54, 1.807) is 0 Å². The van der Waals surface area contributed by atoms with Crippen molar-refractivity contribution in [2.75, 3.05) is 13.7 Å². The lowest BCUT2D eigenvalue weighted by Crippen LogP contribution is -2.32. The van der Waals surface area contributed by atoms with Gasteiger partial charge in [-0.2, -0.15) is 0 Å². The van der Waals surface area contributed by atoms with Crippen LogP contribution < -0.4 is 0 Å². The van der Waals surface area contributed by atoms with Gasteiger partial charge in [-0.1, -0.05) is 19.9 Å². The molecule has 0 spiro atoms. The van der Waals surface area contributed by atoms with E-state index >= 15 is 0 Å². The maximum Gasteiger partial charge on any atom is 0.360 e. The third-order valence-electron chi connectivity index (χ3n) is 3.84. The Morgan fingerprint density at radius 1 is 1.37 bits per heavy atom. The first-order valence-electron chi connectivity index (χ1n) is 8.38. The van der Waals surface area contributed by atoms with Crippen LogP contribution in [-0.2, 0) is 11.3 Å². The molecule has 0 aliphatic heterocycles. The Labute approximate surface area is 156 Å². The third kappa shape index (κ3) is 5.37. The highest BCUT2D eigenvalue weighted by molar-refractivity contribution is 5.94. The minimum Gasteiger partial charge on any atom is -0.464 e. The Morgan fingerprint density at radius 2 is 2.11 bits per heavy atom. The topological polar surface area (TPSA) is 116 Å². The number of hydrogen-bond acceptors (Lipinski definition) is 7. The SMILES string of the molecule is COC(=O)c1coc(CN(CCC(C)C)C(=O)c2cccc([N+](=O)[O-])c2)n1. The van der Waals surface area contributed by atoms with Crippen LogP contribution in [0.25, 0.3) is 0 Å². The Balaban J connectivity index is 2.24. The fraction of sp³-hybridized carbons (Fsp3) is 0.389. The second-order valence-corrected chi connectivity index (χ2v) is 6.33. The summed E-state index contributed by atoms with van der Waals surface area (Å²) in [5.74, 6) is -0.487. The number of hydrogen-bond donors (Lipinski definition) is 0. The van der Waals surface area contributed by atoms with Crippen LogP contribution >= 0.6 is 0 Å². The number of ether oxygens (including phenoxy) is 1. The van der Waals surface area contributed by atoms with Crippen LogP contribution in [0.2, 0.25) is 0 Å². The molecule has 0 radical (unpaired) electrons. The molecule has 0 aliphatic carbocycles. The summed E-state index contributed by atoms with van der Waals surface area (Å²) in [6, 6.07) is 5.55. The molecule has 0 atom stereocenters. The lowest BCUT2D eigenvalue weighted by atomic mass is 10.1. The molecule has 0 unspecified atom stereocenters. The van der Waals surface area contributed by atoms with Gasteiger partial charge >= 0.3 is 5.97 Å². The standard InChI is InChI=1S/C18H21N3O6/c1-12(2)7-8-20(10-16-19-15(11-27-16)18(23)26-3)17(22)13-5-4-6-14(9-13)21(24)25/h4-6,9,11-12H,7-8,10H2,1-3H3. The maximum atomic E-state index is 12.9. The van der Waals surface area contributed by atoms with Crippen molar-refractivity contribution in [1.82, 2.24) is 9.88 Å². The van der Waals surface area contributed by atoms with Crippen LogP contribution in [0.15, 0.2) is 34.9 Å². The molecule has 2 aromatic rings. The molecular weight excluding hydrogens is 354 g/mol. The molecule has 1 amide bonds. The van der Waals surface area contributed by atoms with E-state index < -0.39 is 10.9 Å². The smallest absolute Gasteiger partial charge is 0.360 e. The lowest BCUT2D eigenvalue weighted by Gasteiger charge is -2.22. The van der Waals surface area contributed by atoms with Gasteiger partial charge < -0.3 is 14.1 Å². The van der Waals surface area contributed by atoms with Crippen molar-refractivity contribution in [2.45, 2.75) is 26.8 Å². The second-order valence-electron chi connectivity index (χ2n) is 6.33. The molecule has 0 saturated carbocycles. The zero-order chi connectivity index (χ0) is 20.0. The number of carbonyl (C=O) groups is 2. The average molecular weight is 375 g/mol. The molecule has 0 saturated heterocycles. The quantitative estimate of drug-likeness (QED) is 0.395. The number of benzene rings is 1. The number of methoxy groups -OCH3 is 1. The summed E-state index contributed by atoms with van der Waals surface area (Å²) >= 11 is 0. The number of oxazole rings is 1. The van der Waals surface area contributed by atoms with Crippen molar-refractivity contribution in [1.29, 1.82) is 0 Å². The Hall–Kier alpha value is -3.23. The van der Waals surface area contributed by atoms with Crippen LogP contribution in [0.1, 0.15) is 47.0 Å². The summed E-state index contributed by atoms with van der Waals surface area (Å²) in [6.07, 6.45) is 1.89. The number of nitrogens with zero attached hydrogens (tertiary/aromatic N) is 3. The Morgan fingerprint density at radius 3 is 2.74 bits per heavy atom. The fourth-order valence-electron chi connectivity index (χ4n) is 2.35. The van der Waals surface area contributed by atoms with E-state index in [1.807, 2.05) is 13.8 Å². The zero-order valence-electron chi connectivity index (χ0n) is 15.4. The van der Waals surface area contributed by atoms with Gasteiger partial charge in [-0.25, -0.2) is 9.78 Å². The molecule has 2 rings (SSSR count). The monoisotopic (exact) mass is 375 g/mol. The average Bonchev–Trinajstić information content (AvgIpc) is 3.12. The van der Waals surface area contributed by atoms with Crippen LogP contribution in [-0.4, -0.2) is 40.3 Å². The number of amides is 1. The van der Waals surface area contributed by atoms with Crippen molar-refractivity contribution < 1.29 is 23.7 Å². The van der Waals surface area contributed by atoms with Crippen molar-refractivity contribution in [2.24, 2.45) is 5.92 Å². The molecule has 9 nitrogen and oxygen atoms in total. The van der Waals surface area contributed by atoms with E-state index in [0.29, 0.717) is 12.5 Å². The highest BCUT2D eigenvalue weighted by atomic mass is 16.6. The minimum absolute atomic E-state index is 0.0131. The highest BCUT2D eigenvalue weighted by Crippen LogP contribution is 2.17. The molecule has 0 N–H and O–H groups in total. The van der Waals surface area contributed by atoms with Crippen LogP contribution in [0, 0.1) is 16.0 Å². The van der Waals surface area contributed by atoms with Crippen molar-refractivity contribution in [3.8, 4) is 0 Å². The number of non-ortho nitro benzene ring substituents is 1. The number of rotatable bonds is 8. The molecule has 0 fully saturated rings. The third-order valence-corrected chi connectivity index (χ3v) is 3.84. The predicted molar refractivity (Wildman–Crippen MR) is 95.1 cm³/mol. The van der Waals surface area contributed by atoms with Crippen LogP contribution in [0.4, 0.5) is 5.69 Å². The van der Waals surface area contributed by atoms with Gasteiger partial charge in [0.05, 0.1) is 18.6 Å². The summed E-state index contributed by atoms with van der Waals surface area (Å²) < 4.78 is 9.84. The molecule has 0 aliphatic rings. The van der Waals surface area contributed by atoms with E-state index in [4.69, 9.17) is 4.42 Å². The van der Waals surface area contributed by atoms with E-state index in [1.165, 1.54) is 42.5 Å². The molecule has 0 bridgehead atoms. The number of nitro groups is 1. The molecule has 144 valence electrons. The minimum atomic E-state index is -0.635. The van der Waals surface area contributed by atoms with Crippen LogP contribution in [0.5, 0.6) is 0 Å². The van der Waals surface area contributed by atoms with Gasteiger partial charge in [0.1, 0.15) is 6.26 Å². The van der Waals surface area contributed by atoms with Crippen molar-refractivity contribution in [3.05, 3.63) is 57.8 Å². The van der Waals surface area contributed by atoms with E-state index in [2.05, 4.69) is 9.72 Å². The highest BCUT2D eigenvalue weighted by Gasteiger charge is 2.22. The van der Waals surface area contributed by atoms with Crippen LogP contribution in [0.3, 0.4) is 0 Å². The first-order valence-corrected chi connectivity index (χ1v) is 8.38. The normalized spacial score (nSPS) is 10.7. The van der Waals surface area contributed by atoms with E-state index in [0.717, 1.165) is 6.42 Å². The molecule has 27 heavy (non-hydrogen) atoms. The van der Waals surface area contributed by atoms with Gasteiger partial charge in [0.25, 0.3) is 11.6 Å². The summed E-state index contributed by atoms with van der Waals surface area (Å²) in [4.78, 5) is 40.3. The summed E-state index contributed by atoms with van der Waals surface area (Å²) in [5.41, 5.74) is 0.0561. The number of aromatic nitrogens is 1. The summed E-state index contributed by atoms with van der Waals surface area (Å²) in [7, 11) is 1.23. The van der Waals surface area contributed by atoms with Gasteiger partial charge in [-0.05, 0) is 18.4 Å². The van der Waals surface area contributed by atoms with Gasteiger partial charge in [-0.3, -0.25) is 14.9 Å². The predicted octanol–water partition coefficient (Wildman–Crippen LogP) is 3.06. The van der Waals surface area contributed by atoms with Gasteiger partial charge in [0, 0.05) is 24.2 Å². The van der Waals surface area contributed by atoms with Crippen molar-refractivity contribution in [3.63, 3.8) is 0 Å². The Bertz CT molecular complexity index is 830. The van der Waals surface area contributed by atoms with E-state index in [-0.39, 0.29) is 35.3 Å². The first kappa shape index (κ1) is 20.1. The molecule has 1 aromatic carbocycles. The maximum absolute atomic E-state index is 12.9. The lowest BCUT2D eigenvalue weighted by molar-refractivity contribution is -0.384. The number of nitro benzene ring substituents is 1. The summed E-state index contributed by atoms with van der Waals surface area (Å²) in [5, 5.41) is 11.0. The molecule has 1 aromatic heterocycles. The van der Waals surface area contributed by atoms with Gasteiger partial charge in [0.2, 0.25) is 5.89 Å². The number of esters is 1. The fourth-order valence-corrected chi connectivity index (χ4v) is 2.35. The van der Waals surface area contributed by atoms with Gasteiger partial charge in [0.15, 0.2) is 5.69 Å². The first-order chi connectivity index (χ1) is 12.8. The van der Waals surface area contributed by atoms with E-state index in [9.17, 15) is 19.7 Å². The molecule has 1 heterocycles.